The van der Waals surface area contributed by atoms with E-state index >= 15 is 0 Å². The van der Waals surface area contributed by atoms with Crippen LogP contribution in [0.4, 0.5) is 5.69 Å². The molecule has 4 aromatic rings. The van der Waals surface area contributed by atoms with Crippen molar-refractivity contribution in [3.05, 3.63) is 104 Å². The smallest absolute Gasteiger partial charge is 0.295 e. The zero-order valence-corrected chi connectivity index (χ0v) is 16.7. The largest absolute Gasteiger partial charge is 0.508 e. The average molecular weight is 418 g/mol. The van der Waals surface area contributed by atoms with Gasteiger partial charge in [-0.15, -0.1) is 0 Å². The van der Waals surface area contributed by atoms with Crippen molar-refractivity contribution < 1.29 is 14.3 Å². The predicted molar refractivity (Wildman–Crippen MR) is 115 cm³/mol. The van der Waals surface area contributed by atoms with Crippen LogP contribution < -0.4 is 10.3 Å². The summed E-state index contributed by atoms with van der Waals surface area (Å²) >= 11 is 6.10. The molecule has 6 heteroatoms. The first-order valence-corrected chi connectivity index (χ1v) is 9.77. The summed E-state index contributed by atoms with van der Waals surface area (Å²) in [5, 5.41) is 10.8. The van der Waals surface area contributed by atoms with Crippen LogP contribution in [0, 0.1) is 6.92 Å². The van der Waals surface area contributed by atoms with Crippen LogP contribution in [-0.2, 0) is 0 Å². The Morgan fingerprint density at radius 2 is 1.80 bits per heavy atom. The molecule has 0 aliphatic carbocycles. The quantitative estimate of drug-likeness (QED) is 0.486. The second-order valence-electron chi connectivity index (χ2n) is 7.33. The number of halogens is 1. The maximum absolute atomic E-state index is 13.5. The molecule has 2 heterocycles. The van der Waals surface area contributed by atoms with Crippen molar-refractivity contribution in [1.29, 1.82) is 0 Å². The van der Waals surface area contributed by atoms with Gasteiger partial charge in [-0.05, 0) is 60.5 Å². The summed E-state index contributed by atoms with van der Waals surface area (Å²) in [6, 6.07) is 18.0. The molecule has 30 heavy (non-hydrogen) atoms. The van der Waals surface area contributed by atoms with E-state index in [2.05, 4.69) is 0 Å². The highest BCUT2D eigenvalue weighted by Crippen LogP contribution is 2.42. The minimum Gasteiger partial charge on any atom is -0.508 e. The zero-order valence-electron chi connectivity index (χ0n) is 15.9. The fourth-order valence-corrected chi connectivity index (χ4v) is 4.17. The van der Waals surface area contributed by atoms with Gasteiger partial charge in [0, 0.05) is 10.7 Å². The number of hydrogen-bond donors (Lipinski definition) is 1. The second kappa shape index (κ2) is 6.75. The molecule has 1 amide bonds. The highest BCUT2D eigenvalue weighted by molar-refractivity contribution is 6.31. The Morgan fingerprint density at radius 3 is 2.57 bits per heavy atom. The first-order chi connectivity index (χ1) is 14.4. The summed E-state index contributed by atoms with van der Waals surface area (Å²) in [6.45, 7) is 1.93. The van der Waals surface area contributed by atoms with Gasteiger partial charge in [0.05, 0.1) is 17.0 Å². The van der Waals surface area contributed by atoms with E-state index < -0.39 is 11.9 Å². The molecule has 0 saturated heterocycles. The van der Waals surface area contributed by atoms with E-state index in [4.69, 9.17) is 16.0 Å². The molecule has 5 rings (SSSR count). The number of fused-ring (bicyclic) bond motifs is 2. The Bertz CT molecular complexity index is 1390. The standard InChI is InChI=1S/C24H16ClNO4/c1-13-4-2-6-16(10-13)26-21(14-5-3-7-17(27)11-14)20-22(28)18-12-15(25)8-9-19(18)30-23(20)24(26)29/h2-12,21,27H,1H3. The van der Waals surface area contributed by atoms with Crippen LogP contribution in [0.1, 0.15) is 33.3 Å². The topological polar surface area (TPSA) is 70.8 Å². The van der Waals surface area contributed by atoms with Crippen LogP contribution in [0.2, 0.25) is 5.02 Å². The molecule has 0 fully saturated rings. The van der Waals surface area contributed by atoms with E-state index in [9.17, 15) is 14.7 Å². The van der Waals surface area contributed by atoms with Crippen LogP contribution in [0.5, 0.6) is 5.75 Å². The van der Waals surface area contributed by atoms with E-state index in [-0.39, 0.29) is 22.5 Å². The Labute approximate surface area is 176 Å². The number of carbonyl (C=O) groups is 1. The normalized spacial score (nSPS) is 15.6. The van der Waals surface area contributed by atoms with Gasteiger partial charge in [-0.1, -0.05) is 35.9 Å². The molecule has 0 bridgehead atoms. The molecule has 0 saturated carbocycles. The van der Waals surface area contributed by atoms with Crippen LogP contribution in [0.25, 0.3) is 11.0 Å². The molecule has 148 valence electrons. The third-order valence-corrected chi connectivity index (χ3v) is 5.53. The van der Waals surface area contributed by atoms with Crippen molar-refractivity contribution in [3.63, 3.8) is 0 Å². The lowest BCUT2D eigenvalue weighted by Gasteiger charge is -2.25. The summed E-state index contributed by atoms with van der Waals surface area (Å²) < 4.78 is 5.90. The predicted octanol–water partition coefficient (Wildman–Crippen LogP) is 5.21. The van der Waals surface area contributed by atoms with E-state index in [0.29, 0.717) is 27.2 Å². The lowest BCUT2D eigenvalue weighted by molar-refractivity contribution is 0.0971. The van der Waals surface area contributed by atoms with Gasteiger partial charge < -0.3 is 9.52 Å². The SMILES string of the molecule is Cc1cccc(N2C(=O)c3oc4ccc(Cl)cc4c(=O)c3C2c2cccc(O)c2)c1. The van der Waals surface area contributed by atoms with E-state index in [1.165, 1.54) is 4.90 Å². The van der Waals surface area contributed by atoms with Crippen LogP contribution in [0.3, 0.4) is 0 Å². The number of phenols is 1. The average Bonchev–Trinajstić information content (AvgIpc) is 3.01. The molecule has 1 N–H and O–H groups in total. The lowest BCUT2D eigenvalue weighted by Crippen LogP contribution is -2.29. The molecule has 5 nitrogen and oxygen atoms in total. The molecule has 0 spiro atoms. The molecular formula is C24H16ClNO4. The maximum atomic E-state index is 13.5. The zero-order chi connectivity index (χ0) is 21.0. The number of rotatable bonds is 2. The van der Waals surface area contributed by atoms with Crippen molar-refractivity contribution >= 4 is 34.2 Å². The minimum atomic E-state index is -0.735. The number of aromatic hydroxyl groups is 1. The Kier molecular flexibility index (Phi) is 4.15. The van der Waals surface area contributed by atoms with E-state index in [1.54, 1.807) is 42.5 Å². The fraction of sp³-hybridized carbons (Fsp3) is 0.0833. The monoisotopic (exact) mass is 417 g/mol. The highest BCUT2D eigenvalue weighted by Gasteiger charge is 2.43. The number of phenolic OH excluding ortho intramolecular Hbond substituents is 1. The van der Waals surface area contributed by atoms with Gasteiger partial charge in [-0.25, -0.2) is 0 Å². The van der Waals surface area contributed by atoms with Gasteiger partial charge in [-0.3, -0.25) is 14.5 Å². The summed E-state index contributed by atoms with van der Waals surface area (Å²) in [6.07, 6.45) is 0. The second-order valence-corrected chi connectivity index (χ2v) is 7.76. The third kappa shape index (κ3) is 2.78. The number of nitrogens with zero attached hydrogens (tertiary/aromatic N) is 1. The molecule has 1 aromatic heterocycles. The van der Waals surface area contributed by atoms with Gasteiger partial charge in [0.2, 0.25) is 5.76 Å². The van der Waals surface area contributed by atoms with Crippen molar-refractivity contribution in [2.45, 2.75) is 13.0 Å². The summed E-state index contributed by atoms with van der Waals surface area (Å²) in [5.41, 5.74) is 2.45. The number of benzene rings is 3. The number of carbonyl (C=O) groups excluding carboxylic acids is 1. The van der Waals surface area contributed by atoms with Gasteiger partial charge in [0.1, 0.15) is 11.3 Å². The molecule has 1 atom stereocenters. The molecule has 0 radical (unpaired) electrons. The number of amides is 1. The number of anilines is 1. The molecule has 3 aromatic carbocycles. The number of hydrogen-bond acceptors (Lipinski definition) is 4. The molecular weight excluding hydrogens is 402 g/mol. The Balaban J connectivity index is 1.84. The van der Waals surface area contributed by atoms with Gasteiger partial charge in [0.15, 0.2) is 5.43 Å². The Hall–Kier alpha value is -3.57. The molecule has 1 aliphatic heterocycles. The first kappa shape index (κ1) is 18.5. The minimum absolute atomic E-state index is 0.00433. The summed E-state index contributed by atoms with van der Waals surface area (Å²) in [7, 11) is 0. The van der Waals surface area contributed by atoms with Crippen molar-refractivity contribution in [1.82, 2.24) is 0 Å². The first-order valence-electron chi connectivity index (χ1n) is 9.39. The fourth-order valence-electron chi connectivity index (χ4n) is 4.00. The van der Waals surface area contributed by atoms with Crippen molar-refractivity contribution in [2.24, 2.45) is 0 Å². The van der Waals surface area contributed by atoms with Crippen LogP contribution >= 0.6 is 11.6 Å². The highest BCUT2D eigenvalue weighted by atomic mass is 35.5. The lowest BCUT2D eigenvalue weighted by atomic mass is 9.98. The van der Waals surface area contributed by atoms with Gasteiger partial charge >= 0.3 is 0 Å². The maximum Gasteiger partial charge on any atom is 0.295 e. The van der Waals surface area contributed by atoms with Crippen molar-refractivity contribution in [2.75, 3.05) is 4.90 Å². The van der Waals surface area contributed by atoms with Gasteiger partial charge in [-0.2, -0.15) is 0 Å². The van der Waals surface area contributed by atoms with Gasteiger partial charge in [0.25, 0.3) is 5.91 Å². The number of aryl methyl sites for hydroxylation is 1. The van der Waals surface area contributed by atoms with E-state index in [1.807, 2.05) is 31.2 Å². The van der Waals surface area contributed by atoms with Crippen molar-refractivity contribution in [3.8, 4) is 5.75 Å². The molecule has 1 aliphatic rings. The van der Waals surface area contributed by atoms with Crippen LogP contribution in [-0.4, -0.2) is 11.0 Å². The summed E-state index contributed by atoms with van der Waals surface area (Å²) in [4.78, 5) is 28.5. The third-order valence-electron chi connectivity index (χ3n) is 5.30. The van der Waals surface area contributed by atoms with Crippen LogP contribution in [0.15, 0.2) is 75.9 Å². The summed E-state index contributed by atoms with van der Waals surface area (Å²) in [5.74, 6) is -0.353. The molecule has 1 unspecified atom stereocenters. The van der Waals surface area contributed by atoms with E-state index in [0.717, 1.165) is 5.56 Å². The Morgan fingerprint density at radius 1 is 1.00 bits per heavy atom.